The number of anilines is 1. The number of hydrogen-bond donors (Lipinski definition) is 1. The smallest absolute Gasteiger partial charge is 0.378 e. The van der Waals surface area contributed by atoms with Gasteiger partial charge in [-0.1, -0.05) is 17.7 Å². The fraction of sp³-hybridized carbons (Fsp3) is 0.500. The van der Waals surface area contributed by atoms with Gasteiger partial charge >= 0.3 is 6.18 Å². The Hall–Kier alpha value is -1.78. The summed E-state index contributed by atoms with van der Waals surface area (Å²) in [6.45, 7) is 1.46. The molecule has 0 aromatic carbocycles. The van der Waals surface area contributed by atoms with Gasteiger partial charge in [0.15, 0.2) is 11.7 Å². The monoisotopic (exact) mass is 420 g/mol. The molecule has 146 valence electrons. The van der Waals surface area contributed by atoms with E-state index in [1.54, 1.807) is 17.5 Å². The highest BCUT2D eigenvalue weighted by Crippen LogP contribution is 2.46. The van der Waals surface area contributed by atoms with Crippen LogP contribution in [-0.2, 0) is 4.74 Å². The lowest BCUT2D eigenvalue weighted by atomic mass is 10.0. The highest BCUT2D eigenvalue weighted by atomic mass is 35.5. The van der Waals surface area contributed by atoms with E-state index in [4.69, 9.17) is 16.3 Å². The van der Waals surface area contributed by atoms with Crippen molar-refractivity contribution in [2.75, 3.05) is 31.6 Å². The number of morpholine rings is 1. The van der Waals surface area contributed by atoms with Crippen molar-refractivity contribution in [1.29, 1.82) is 0 Å². The van der Waals surface area contributed by atoms with E-state index in [-0.39, 0.29) is 23.0 Å². The molecule has 0 radical (unpaired) electrons. The fourth-order valence-electron chi connectivity index (χ4n) is 3.32. The van der Waals surface area contributed by atoms with E-state index in [1.807, 2.05) is 0 Å². The number of thiophene rings is 1. The van der Waals surface area contributed by atoms with Crippen LogP contribution in [0.1, 0.15) is 33.9 Å². The molecule has 4 rings (SSSR count). The summed E-state index contributed by atoms with van der Waals surface area (Å²) in [5.74, 6) is -0.458. The van der Waals surface area contributed by atoms with Gasteiger partial charge in [0.2, 0.25) is 0 Å². The zero-order valence-electron chi connectivity index (χ0n) is 14.0. The Morgan fingerprint density at radius 2 is 2.11 bits per heavy atom. The number of amides is 1. The van der Waals surface area contributed by atoms with Crippen LogP contribution in [0.2, 0.25) is 5.02 Å². The third kappa shape index (κ3) is 3.41. The standard InChI is InChI=1S/C16H16ClF3N4O2S/c17-12-13(15(25)23-3-5-26-6-4-23)22-24-11(16(18,19)20)8-9(21-14(12)24)10-2-1-7-27-10/h1-2,7,9,11,21H,3-6,8H2. The molecular formula is C16H16ClF3N4O2S. The van der Waals surface area contributed by atoms with E-state index in [0.29, 0.717) is 26.3 Å². The van der Waals surface area contributed by atoms with Crippen LogP contribution < -0.4 is 5.32 Å². The quantitative estimate of drug-likeness (QED) is 0.804. The van der Waals surface area contributed by atoms with Crippen LogP contribution in [0.4, 0.5) is 19.0 Å². The molecule has 0 spiro atoms. The van der Waals surface area contributed by atoms with Gasteiger partial charge < -0.3 is 15.0 Å². The second-order valence-electron chi connectivity index (χ2n) is 6.37. The third-order valence-electron chi connectivity index (χ3n) is 4.68. The van der Waals surface area contributed by atoms with Crippen molar-refractivity contribution in [3.8, 4) is 0 Å². The van der Waals surface area contributed by atoms with Gasteiger partial charge in [-0.3, -0.25) is 4.79 Å². The maximum atomic E-state index is 13.7. The molecule has 11 heteroatoms. The molecule has 2 aliphatic rings. The summed E-state index contributed by atoms with van der Waals surface area (Å²) in [7, 11) is 0. The van der Waals surface area contributed by atoms with E-state index in [9.17, 15) is 18.0 Å². The van der Waals surface area contributed by atoms with Crippen molar-refractivity contribution < 1.29 is 22.7 Å². The third-order valence-corrected chi connectivity index (χ3v) is 6.03. The second-order valence-corrected chi connectivity index (χ2v) is 7.72. The molecule has 2 atom stereocenters. The van der Waals surface area contributed by atoms with E-state index in [2.05, 4.69) is 10.4 Å². The fourth-order valence-corrected chi connectivity index (χ4v) is 4.37. The molecule has 2 aliphatic heterocycles. The molecule has 0 aliphatic carbocycles. The number of carbonyl (C=O) groups excluding carboxylic acids is 1. The molecule has 2 aromatic heterocycles. The highest BCUT2D eigenvalue weighted by Gasteiger charge is 2.48. The Balaban J connectivity index is 1.72. The summed E-state index contributed by atoms with van der Waals surface area (Å²) < 4.78 is 47.1. The predicted molar refractivity (Wildman–Crippen MR) is 94.4 cm³/mol. The van der Waals surface area contributed by atoms with Crippen molar-refractivity contribution in [2.24, 2.45) is 0 Å². The first-order chi connectivity index (χ1) is 12.9. The number of rotatable bonds is 2. The van der Waals surface area contributed by atoms with Gasteiger partial charge in [-0.05, 0) is 11.4 Å². The van der Waals surface area contributed by atoms with Crippen molar-refractivity contribution in [2.45, 2.75) is 24.7 Å². The van der Waals surface area contributed by atoms with Gasteiger partial charge in [0, 0.05) is 24.4 Å². The molecule has 2 unspecified atom stereocenters. The Kier molecular flexibility index (Phi) is 4.81. The van der Waals surface area contributed by atoms with E-state index in [1.165, 1.54) is 16.2 Å². The van der Waals surface area contributed by atoms with Crippen LogP contribution in [0.25, 0.3) is 0 Å². The summed E-state index contributed by atoms with van der Waals surface area (Å²) in [5, 5.41) is 8.72. The minimum absolute atomic E-state index is 0.0280. The molecule has 1 N–H and O–H groups in total. The first kappa shape index (κ1) is 18.6. The van der Waals surface area contributed by atoms with Crippen LogP contribution in [-0.4, -0.2) is 53.1 Å². The molecule has 0 bridgehead atoms. The maximum Gasteiger partial charge on any atom is 0.410 e. The summed E-state index contributed by atoms with van der Waals surface area (Å²) in [6.07, 6.45) is -4.73. The Labute approximate surface area is 161 Å². The number of nitrogens with zero attached hydrogens (tertiary/aromatic N) is 3. The number of carbonyl (C=O) groups is 1. The van der Waals surface area contributed by atoms with Crippen LogP contribution in [0.15, 0.2) is 17.5 Å². The number of fused-ring (bicyclic) bond motifs is 1. The average Bonchev–Trinajstić information content (AvgIpc) is 3.29. The number of aromatic nitrogens is 2. The SMILES string of the molecule is O=C(c1nn2c(c1Cl)NC(c1cccs1)CC2C(F)(F)F)N1CCOCC1. The zero-order valence-corrected chi connectivity index (χ0v) is 15.6. The number of alkyl halides is 3. The number of halogens is 4. The topological polar surface area (TPSA) is 59.4 Å². The Morgan fingerprint density at radius 1 is 1.37 bits per heavy atom. The molecular weight excluding hydrogens is 405 g/mol. The Morgan fingerprint density at radius 3 is 2.74 bits per heavy atom. The predicted octanol–water partition coefficient (Wildman–Crippen LogP) is 3.73. The lowest BCUT2D eigenvalue weighted by Crippen LogP contribution is -2.41. The summed E-state index contributed by atoms with van der Waals surface area (Å²) in [4.78, 5) is 15.0. The minimum Gasteiger partial charge on any atom is -0.378 e. The lowest BCUT2D eigenvalue weighted by molar-refractivity contribution is -0.173. The van der Waals surface area contributed by atoms with Crippen LogP contribution >= 0.6 is 22.9 Å². The molecule has 0 saturated carbocycles. The zero-order chi connectivity index (χ0) is 19.2. The van der Waals surface area contributed by atoms with Gasteiger partial charge in [0.05, 0.1) is 19.3 Å². The highest BCUT2D eigenvalue weighted by molar-refractivity contribution is 7.10. The Bertz CT molecular complexity index is 834. The maximum absolute atomic E-state index is 13.7. The van der Waals surface area contributed by atoms with Gasteiger partial charge in [-0.25, -0.2) is 4.68 Å². The first-order valence-electron chi connectivity index (χ1n) is 8.38. The molecule has 1 fully saturated rings. The van der Waals surface area contributed by atoms with Crippen molar-refractivity contribution in [1.82, 2.24) is 14.7 Å². The normalized spacial score (nSPS) is 23.0. The van der Waals surface area contributed by atoms with Gasteiger partial charge in [-0.2, -0.15) is 18.3 Å². The van der Waals surface area contributed by atoms with E-state index in [0.717, 1.165) is 9.56 Å². The summed E-state index contributed by atoms with van der Waals surface area (Å²) >= 11 is 7.68. The van der Waals surface area contributed by atoms with Crippen LogP contribution in [0.3, 0.4) is 0 Å². The summed E-state index contributed by atoms with van der Waals surface area (Å²) in [6, 6.07) is 1.15. The van der Waals surface area contributed by atoms with Crippen molar-refractivity contribution >= 4 is 34.7 Å². The van der Waals surface area contributed by atoms with Crippen LogP contribution in [0, 0.1) is 0 Å². The lowest BCUT2D eigenvalue weighted by Gasteiger charge is -2.32. The van der Waals surface area contributed by atoms with Gasteiger partial charge in [-0.15, -0.1) is 11.3 Å². The van der Waals surface area contributed by atoms with Gasteiger partial charge in [0.1, 0.15) is 10.8 Å². The number of hydrogen-bond acceptors (Lipinski definition) is 5. The van der Waals surface area contributed by atoms with Gasteiger partial charge in [0.25, 0.3) is 5.91 Å². The largest absolute Gasteiger partial charge is 0.410 e. The molecule has 1 saturated heterocycles. The van der Waals surface area contributed by atoms with E-state index < -0.39 is 24.2 Å². The molecule has 4 heterocycles. The first-order valence-corrected chi connectivity index (χ1v) is 9.63. The molecule has 1 amide bonds. The number of nitrogens with one attached hydrogen (secondary N) is 1. The molecule has 6 nitrogen and oxygen atoms in total. The average molecular weight is 421 g/mol. The number of ether oxygens (including phenoxy) is 1. The van der Waals surface area contributed by atoms with Crippen LogP contribution in [0.5, 0.6) is 0 Å². The van der Waals surface area contributed by atoms with Crippen molar-refractivity contribution in [3.05, 3.63) is 33.1 Å². The molecule has 2 aromatic rings. The second kappa shape index (κ2) is 6.99. The molecule has 27 heavy (non-hydrogen) atoms. The summed E-state index contributed by atoms with van der Waals surface area (Å²) in [5.41, 5.74) is -0.165. The van der Waals surface area contributed by atoms with E-state index >= 15 is 0 Å². The van der Waals surface area contributed by atoms with Crippen molar-refractivity contribution in [3.63, 3.8) is 0 Å². The minimum atomic E-state index is -4.51.